The zero-order chi connectivity index (χ0) is 20.3. The van der Waals surface area contributed by atoms with E-state index in [1.165, 1.54) is 11.6 Å². The highest BCUT2D eigenvalue weighted by atomic mass is 16.3. The van der Waals surface area contributed by atoms with E-state index in [-0.39, 0.29) is 23.3 Å². The van der Waals surface area contributed by atoms with Gasteiger partial charge in [0.05, 0.1) is 11.7 Å². The third-order valence-corrected chi connectivity index (χ3v) is 4.53. The Morgan fingerprint density at radius 1 is 1.00 bits per heavy atom. The van der Waals surface area contributed by atoms with Gasteiger partial charge in [-0.3, -0.25) is 5.41 Å². The first-order chi connectivity index (χ1) is 12.6. The molecule has 0 aliphatic heterocycles. The molecule has 0 radical (unpaired) electrons. The molecule has 146 valence electrons. The predicted octanol–water partition coefficient (Wildman–Crippen LogP) is 4.56. The molecule has 0 aliphatic rings. The largest absolute Gasteiger partial charge is 0.508 e. The first kappa shape index (κ1) is 20.8. The molecule has 1 atom stereocenters. The summed E-state index contributed by atoms with van der Waals surface area (Å²) in [7, 11) is 0. The van der Waals surface area contributed by atoms with Crippen LogP contribution in [0.1, 0.15) is 57.2 Å². The molecule has 5 heteroatoms. The van der Waals surface area contributed by atoms with E-state index in [1.54, 1.807) is 17.9 Å². The van der Waals surface area contributed by atoms with Crippen molar-refractivity contribution in [2.75, 3.05) is 4.90 Å². The van der Waals surface area contributed by atoms with Crippen LogP contribution in [0.25, 0.3) is 0 Å². The summed E-state index contributed by atoms with van der Waals surface area (Å²) in [6.45, 7) is 10.1. The van der Waals surface area contributed by atoms with Crippen LogP contribution in [0.3, 0.4) is 0 Å². The van der Waals surface area contributed by atoms with Crippen molar-refractivity contribution in [2.24, 2.45) is 11.7 Å². The number of nitrogens with zero attached hydrogens (tertiary/aromatic N) is 1. The van der Waals surface area contributed by atoms with Gasteiger partial charge in [-0.15, -0.1) is 0 Å². The van der Waals surface area contributed by atoms with Gasteiger partial charge in [0.15, 0.2) is 0 Å². The number of phenols is 2. The maximum Gasteiger partial charge on any atom is 0.137 e. The lowest BCUT2D eigenvalue weighted by Gasteiger charge is -2.30. The van der Waals surface area contributed by atoms with Crippen LogP contribution in [0.4, 0.5) is 5.69 Å². The van der Waals surface area contributed by atoms with Gasteiger partial charge in [0.1, 0.15) is 17.3 Å². The van der Waals surface area contributed by atoms with Crippen LogP contribution >= 0.6 is 0 Å². The molecule has 27 heavy (non-hydrogen) atoms. The Kier molecular flexibility index (Phi) is 6.50. The molecule has 5 nitrogen and oxygen atoms in total. The van der Waals surface area contributed by atoms with Gasteiger partial charge in [0.25, 0.3) is 0 Å². The van der Waals surface area contributed by atoms with Crippen molar-refractivity contribution >= 4 is 11.5 Å². The van der Waals surface area contributed by atoms with Gasteiger partial charge in [-0.05, 0) is 54.5 Å². The van der Waals surface area contributed by atoms with Crippen LogP contribution in [0.2, 0.25) is 0 Å². The first-order valence-electron chi connectivity index (χ1n) is 9.40. The van der Waals surface area contributed by atoms with Gasteiger partial charge in [0, 0.05) is 11.8 Å². The second-order valence-electron chi connectivity index (χ2n) is 7.81. The number of benzene rings is 2. The van der Waals surface area contributed by atoms with Crippen LogP contribution in [-0.4, -0.2) is 22.2 Å². The average molecular weight is 370 g/mol. The Hall–Kier alpha value is -2.53. The molecule has 0 aromatic heterocycles. The molecule has 1 unspecified atom stereocenters. The summed E-state index contributed by atoms with van der Waals surface area (Å²) in [4.78, 5) is 1.68. The number of hydrogen-bond donors (Lipinski definition) is 4. The van der Waals surface area contributed by atoms with Crippen molar-refractivity contribution in [1.29, 1.82) is 5.41 Å². The minimum absolute atomic E-state index is 0.0319. The quantitative estimate of drug-likeness (QED) is 0.341. The lowest BCUT2D eigenvalue weighted by Crippen LogP contribution is -2.44. The summed E-state index contributed by atoms with van der Waals surface area (Å²) >= 11 is 0. The predicted molar refractivity (Wildman–Crippen MR) is 112 cm³/mol. The van der Waals surface area contributed by atoms with E-state index < -0.39 is 6.17 Å². The fourth-order valence-electron chi connectivity index (χ4n) is 3.21. The molecular weight excluding hydrogens is 338 g/mol. The van der Waals surface area contributed by atoms with Gasteiger partial charge in [-0.2, -0.15) is 0 Å². The Bertz CT molecular complexity index is 796. The van der Waals surface area contributed by atoms with E-state index in [0.717, 1.165) is 12.1 Å². The number of aromatic hydroxyl groups is 2. The zero-order valence-corrected chi connectivity index (χ0v) is 16.8. The lowest BCUT2D eigenvalue weighted by molar-refractivity contribution is 0.443. The molecule has 0 saturated heterocycles. The molecule has 2 rings (SSSR count). The maximum absolute atomic E-state index is 10.3. The van der Waals surface area contributed by atoms with Crippen molar-refractivity contribution in [3.63, 3.8) is 0 Å². The second-order valence-corrected chi connectivity index (χ2v) is 7.81. The monoisotopic (exact) mass is 369 g/mol. The number of amidine groups is 1. The van der Waals surface area contributed by atoms with Crippen LogP contribution < -0.4 is 10.6 Å². The summed E-state index contributed by atoms with van der Waals surface area (Å²) in [5.41, 5.74) is 9.22. The molecule has 0 heterocycles. The number of hydrogen-bond acceptors (Lipinski definition) is 4. The number of nitrogens with one attached hydrogen (secondary N) is 1. The topological polar surface area (TPSA) is 93.6 Å². The molecule has 2 aromatic carbocycles. The highest BCUT2D eigenvalue weighted by molar-refractivity contribution is 6.10. The standard InChI is InChI=1S/C22H31N3O2/c1-13(2)10-16-6-8-17(9-7-16)25(15(5)23)22(24)19-11-18(14(3)4)20(26)12-21(19)27/h6-9,11-15,24,26-27H,10,23H2,1-5H3. The minimum Gasteiger partial charge on any atom is -0.508 e. The highest BCUT2D eigenvalue weighted by Gasteiger charge is 2.22. The average Bonchev–Trinajstić information content (AvgIpc) is 2.55. The molecule has 5 N–H and O–H groups in total. The third kappa shape index (κ3) is 4.80. The number of nitrogens with two attached hydrogens (primary N) is 1. The molecule has 0 aliphatic carbocycles. The van der Waals surface area contributed by atoms with E-state index in [9.17, 15) is 10.2 Å². The van der Waals surface area contributed by atoms with Crippen LogP contribution in [-0.2, 0) is 6.42 Å². The van der Waals surface area contributed by atoms with Crippen molar-refractivity contribution in [1.82, 2.24) is 0 Å². The van der Waals surface area contributed by atoms with E-state index >= 15 is 0 Å². The summed E-state index contributed by atoms with van der Waals surface area (Å²) < 4.78 is 0. The number of phenolic OH excluding ortho intramolecular Hbond substituents is 2. The van der Waals surface area contributed by atoms with E-state index in [2.05, 4.69) is 13.8 Å². The van der Waals surface area contributed by atoms with Crippen molar-refractivity contribution < 1.29 is 10.2 Å². The second kappa shape index (κ2) is 8.44. The molecular formula is C22H31N3O2. The lowest BCUT2D eigenvalue weighted by atomic mass is 9.97. The smallest absolute Gasteiger partial charge is 0.137 e. The van der Waals surface area contributed by atoms with Crippen molar-refractivity contribution in [3.8, 4) is 11.5 Å². The van der Waals surface area contributed by atoms with E-state index in [4.69, 9.17) is 11.1 Å². The summed E-state index contributed by atoms with van der Waals surface area (Å²) in [6.07, 6.45) is 0.538. The highest BCUT2D eigenvalue weighted by Crippen LogP contribution is 2.33. The summed E-state index contributed by atoms with van der Waals surface area (Å²) in [5.74, 6) is 0.632. The van der Waals surface area contributed by atoms with Gasteiger partial charge in [0.2, 0.25) is 0 Å². The maximum atomic E-state index is 10.3. The molecule has 2 aromatic rings. The SMILES string of the molecule is CC(C)Cc1ccc(N(C(=N)c2cc(C(C)C)c(O)cc2O)C(C)N)cc1. The zero-order valence-electron chi connectivity index (χ0n) is 16.8. The molecule has 0 spiro atoms. The number of anilines is 1. The fourth-order valence-corrected chi connectivity index (χ4v) is 3.21. The van der Waals surface area contributed by atoms with Gasteiger partial charge >= 0.3 is 0 Å². The normalized spacial score (nSPS) is 12.4. The van der Waals surface area contributed by atoms with Crippen LogP contribution in [0, 0.1) is 11.3 Å². The molecule has 0 saturated carbocycles. The van der Waals surface area contributed by atoms with Crippen molar-refractivity contribution in [2.45, 2.75) is 53.1 Å². The van der Waals surface area contributed by atoms with Gasteiger partial charge < -0.3 is 20.8 Å². The summed E-state index contributed by atoms with van der Waals surface area (Å²) in [6, 6.07) is 11.0. The van der Waals surface area contributed by atoms with Gasteiger partial charge in [-0.25, -0.2) is 0 Å². The first-order valence-corrected chi connectivity index (χ1v) is 9.40. The Labute approximate surface area is 162 Å². The van der Waals surface area contributed by atoms with E-state index in [1.807, 2.05) is 38.1 Å². The van der Waals surface area contributed by atoms with Crippen LogP contribution in [0.5, 0.6) is 11.5 Å². The third-order valence-electron chi connectivity index (χ3n) is 4.53. The Balaban J connectivity index is 2.42. The van der Waals surface area contributed by atoms with Crippen molar-refractivity contribution in [3.05, 3.63) is 53.1 Å². The molecule has 0 bridgehead atoms. The molecule has 0 amide bonds. The van der Waals surface area contributed by atoms with Crippen LogP contribution in [0.15, 0.2) is 36.4 Å². The Morgan fingerprint density at radius 3 is 2.07 bits per heavy atom. The molecule has 0 fully saturated rings. The number of rotatable bonds is 6. The summed E-state index contributed by atoms with van der Waals surface area (Å²) in [5, 5.41) is 29.1. The fraction of sp³-hybridized carbons (Fsp3) is 0.409. The van der Waals surface area contributed by atoms with Gasteiger partial charge in [-0.1, -0.05) is 39.8 Å². The minimum atomic E-state index is -0.454. The van der Waals surface area contributed by atoms with E-state index in [0.29, 0.717) is 17.0 Å². The Morgan fingerprint density at radius 2 is 1.59 bits per heavy atom.